The number of benzene rings is 1. The van der Waals surface area contributed by atoms with E-state index in [9.17, 15) is 4.79 Å². The minimum Gasteiger partial charge on any atom is -0.486 e. The molecule has 1 aromatic rings. The first-order valence-corrected chi connectivity index (χ1v) is 7.15. The number of rotatable bonds is 6. The van der Waals surface area contributed by atoms with Gasteiger partial charge < -0.3 is 20.1 Å². The topological polar surface area (TPSA) is 64.8 Å². The molecule has 0 radical (unpaired) electrons. The second kappa shape index (κ2) is 7.14. The van der Waals surface area contributed by atoms with Crippen LogP contribution in [-0.4, -0.2) is 43.7 Å². The fraction of sp³-hybridized carbons (Fsp3) is 0.533. The first-order chi connectivity index (χ1) is 9.76. The van der Waals surface area contributed by atoms with E-state index < -0.39 is 0 Å². The number of carbonyl (C=O) groups is 1. The smallest absolute Gasteiger partial charge is 0.253 e. The summed E-state index contributed by atoms with van der Waals surface area (Å²) in [7, 11) is 0. The predicted octanol–water partition coefficient (Wildman–Crippen LogP) is 1.66. The average Bonchev–Trinajstić information content (AvgIpc) is 2.50. The van der Waals surface area contributed by atoms with Crippen LogP contribution in [0.1, 0.15) is 30.1 Å². The quantitative estimate of drug-likeness (QED) is 0.859. The number of hydrogen-bond acceptors (Lipinski definition) is 4. The molecule has 0 atom stereocenters. The van der Waals surface area contributed by atoms with Crippen LogP contribution in [-0.2, 0) is 0 Å². The minimum atomic E-state index is 0.0253. The van der Waals surface area contributed by atoms with Gasteiger partial charge in [-0.15, -0.1) is 0 Å². The highest BCUT2D eigenvalue weighted by molar-refractivity contribution is 5.95. The third kappa shape index (κ3) is 3.42. The van der Waals surface area contributed by atoms with Gasteiger partial charge in [0.2, 0.25) is 0 Å². The van der Waals surface area contributed by atoms with Crippen molar-refractivity contribution in [3.05, 3.63) is 23.8 Å². The van der Waals surface area contributed by atoms with Gasteiger partial charge >= 0.3 is 0 Å². The zero-order chi connectivity index (χ0) is 14.4. The first kappa shape index (κ1) is 14.7. The number of carbonyl (C=O) groups excluding carboxylic acids is 1. The lowest BCUT2D eigenvalue weighted by atomic mass is 10.1. The molecule has 0 saturated heterocycles. The van der Waals surface area contributed by atoms with Gasteiger partial charge in [0.1, 0.15) is 13.2 Å². The average molecular weight is 278 g/mol. The summed E-state index contributed by atoms with van der Waals surface area (Å²) in [5, 5.41) is 0. The Kier molecular flexibility index (Phi) is 5.24. The van der Waals surface area contributed by atoms with Crippen molar-refractivity contribution in [2.24, 2.45) is 5.73 Å². The Balaban J connectivity index is 2.13. The minimum absolute atomic E-state index is 0.0253. The zero-order valence-electron chi connectivity index (χ0n) is 11.9. The van der Waals surface area contributed by atoms with E-state index in [1.165, 1.54) is 0 Å². The molecule has 0 aromatic heterocycles. The molecule has 0 unspecified atom stereocenters. The normalized spacial score (nSPS) is 13.1. The summed E-state index contributed by atoms with van der Waals surface area (Å²) >= 11 is 0. The molecule has 5 heteroatoms. The Hall–Kier alpha value is -1.75. The molecule has 1 amide bonds. The fourth-order valence-corrected chi connectivity index (χ4v) is 2.23. The van der Waals surface area contributed by atoms with Crippen molar-refractivity contribution in [3.8, 4) is 11.5 Å². The largest absolute Gasteiger partial charge is 0.486 e. The Bertz CT molecular complexity index is 462. The summed E-state index contributed by atoms with van der Waals surface area (Å²) in [4.78, 5) is 14.4. The highest BCUT2D eigenvalue weighted by Crippen LogP contribution is 2.31. The lowest BCUT2D eigenvalue weighted by Crippen LogP contribution is -2.33. The Labute approximate surface area is 119 Å². The number of ether oxygens (including phenoxy) is 2. The van der Waals surface area contributed by atoms with Gasteiger partial charge in [0.15, 0.2) is 11.5 Å². The van der Waals surface area contributed by atoms with Gasteiger partial charge in [0, 0.05) is 18.7 Å². The fourth-order valence-electron chi connectivity index (χ4n) is 2.23. The Morgan fingerprint density at radius 1 is 1.25 bits per heavy atom. The maximum atomic E-state index is 12.5. The molecule has 1 aromatic carbocycles. The molecule has 0 bridgehead atoms. The van der Waals surface area contributed by atoms with Crippen molar-refractivity contribution in [3.63, 3.8) is 0 Å². The number of hydrogen-bond donors (Lipinski definition) is 1. The van der Waals surface area contributed by atoms with Crippen molar-refractivity contribution in [2.45, 2.75) is 19.8 Å². The predicted molar refractivity (Wildman–Crippen MR) is 77.3 cm³/mol. The van der Waals surface area contributed by atoms with E-state index in [-0.39, 0.29) is 5.91 Å². The van der Waals surface area contributed by atoms with Crippen molar-refractivity contribution in [2.75, 3.05) is 32.8 Å². The number of nitrogens with zero attached hydrogens (tertiary/aromatic N) is 1. The van der Waals surface area contributed by atoms with Gasteiger partial charge in [0.05, 0.1) is 0 Å². The summed E-state index contributed by atoms with van der Waals surface area (Å²) in [6.45, 7) is 5.17. The van der Waals surface area contributed by atoms with Crippen LogP contribution < -0.4 is 15.2 Å². The van der Waals surface area contributed by atoms with Gasteiger partial charge in [-0.3, -0.25) is 4.79 Å². The van der Waals surface area contributed by atoms with E-state index in [0.717, 1.165) is 19.4 Å². The van der Waals surface area contributed by atoms with Gasteiger partial charge in [-0.05, 0) is 37.6 Å². The van der Waals surface area contributed by atoms with Crippen LogP contribution in [0.25, 0.3) is 0 Å². The van der Waals surface area contributed by atoms with Crippen LogP contribution in [0.5, 0.6) is 11.5 Å². The van der Waals surface area contributed by atoms with E-state index in [2.05, 4.69) is 6.92 Å². The molecular weight excluding hydrogens is 256 g/mol. The molecule has 1 aliphatic rings. The summed E-state index contributed by atoms with van der Waals surface area (Å²) in [6, 6.07) is 5.36. The van der Waals surface area contributed by atoms with Crippen molar-refractivity contribution < 1.29 is 14.3 Å². The number of nitrogens with two attached hydrogens (primary N) is 1. The molecule has 110 valence electrons. The van der Waals surface area contributed by atoms with E-state index in [0.29, 0.717) is 43.4 Å². The van der Waals surface area contributed by atoms with Crippen molar-refractivity contribution in [1.82, 2.24) is 4.90 Å². The third-order valence-electron chi connectivity index (χ3n) is 3.20. The highest BCUT2D eigenvalue weighted by atomic mass is 16.6. The monoisotopic (exact) mass is 278 g/mol. The second-order valence-electron chi connectivity index (χ2n) is 4.79. The van der Waals surface area contributed by atoms with Crippen LogP contribution in [0.4, 0.5) is 0 Å². The lowest BCUT2D eigenvalue weighted by molar-refractivity contribution is 0.0753. The van der Waals surface area contributed by atoms with Crippen LogP contribution in [0.15, 0.2) is 18.2 Å². The van der Waals surface area contributed by atoms with Crippen LogP contribution in [0.3, 0.4) is 0 Å². The maximum absolute atomic E-state index is 12.5. The molecule has 2 N–H and O–H groups in total. The molecule has 0 fully saturated rings. The Morgan fingerprint density at radius 2 is 2.00 bits per heavy atom. The summed E-state index contributed by atoms with van der Waals surface area (Å²) in [5.41, 5.74) is 6.17. The summed E-state index contributed by atoms with van der Waals surface area (Å²) in [6.07, 6.45) is 1.75. The first-order valence-electron chi connectivity index (χ1n) is 7.15. The summed E-state index contributed by atoms with van der Waals surface area (Å²) < 4.78 is 11.0. The summed E-state index contributed by atoms with van der Waals surface area (Å²) in [5.74, 6) is 1.38. The van der Waals surface area contributed by atoms with E-state index in [4.69, 9.17) is 15.2 Å². The highest BCUT2D eigenvalue weighted by Gasteiger charge is 2.18. The zero-order valence-corrected chi connectivity index (χ0v) is 11.9. The van der Waals surface area contributed by atoms with Crippen LogP contribution >= 0.6 is 0 Å². The molecule has 0 spiro atoms. The molecule has 20 heavy (non-hydrogen) atoms. The molecule has 0 saturated carbocycles. The van der Waals surface area contributed by atoms with Crippen LogP contribution in [0, 0.1) is 0 Å². The Morgan fingerprint density at radius 3 is 2.70 bits per heavy atom. The molecule has 2 rings (SSSR count). The molecule has 1 aliphatic heterocycles. The van der Waals surface area contributed by atoms with E-state index in [1.54, 1.807) is 18.2 Å². The number of fused-ring (bicyclic) bond motifs is 1. The van der Waals surface area contributed by atoms with Gasteiger partial charge in [0.25, 0.3) is 5.91 Å². The maximum Gasteiger partial charge on any atom is 0.253 e. The van der Waals surface area contributed by atoms with Crippen molar-refractivity contribution >= 4 is 5.91 Å². The van der Waals surface area contributed by atoms with Crippen LogP contribution in [0.2, 0.25) is 0 Å². The number of amides is 1. The van der Waals surface area contributed by atoms with Gasteiger partial charge in [-0.2, -0.15) is 0 Å². The van der Waals surface area contributed by atoms with Gasteiger partial charge in [-0.1, -0.05) is 6.92 Å². The standard InChI is InChI=1S/C15H22N2O3/c1-2-7-17(8-3-6-16)15(18)12-4-5-13-14(11-12)20-10-9-19-13/h4-5,11H,2-3,6-10,16H2,1H3. The molecule has 5 nitrogen and oxygen atoms in total. The SMILES string of the molecule is CCCN(CCCN)C(=O)c1ccc2c(c1)OCCO2. The molecule has 0 aliphatic carbocycles. The third-order valence-corrected chi connectivity index (χ3v) is 3.20. The molecular formula is C15H22N2O3. The lowest BCUT2D eigenvalue weighted by Gasteiger charge is -2.23. The van der Waals surface area contributed by atoms with Gasteiger partial charge in [-0.25, -0.2) is 0 Å². The molecule has 1 heterocycles. The van der Waals surface area contributed by atoms with E-state index >= 15 is 0 Å². The van der Waals surface area contributed by atoms with E-state index in [1.807, 2.05) is 4.90 Å². The van der Waals surface area contributed by atoms with Crippen molar-refractivity contribution in [1.29, 1.82) is 0 Å². The second-order valence-corrected chi connectivity index (χ2v) is 4.79.